The number of ether oxygens (including phenoxy) is 1. The van der Waals surface area contributed by atoms with E-state index in [-0.39, 0.29) is 12.5 Å². The third kappa shape index (κ3) is 5.84. The van der Waals surface area contributed by atoms with Gasteiger partial charge in [-0.05, 0) is 30.7 Å². The van der Waals surface area contributed by atoms with Crippen LogP contribution >= 0.6 is 0 Å². The van der Waals surface area contributed by atoms with Gasteiger partial charge in [-0.2, -0.15) is 0 Å². The maximum atomic E-state index is 12.3. The Bertz CT molecular complexity index is 704. The second-order valence-electron chi connectivity index (χ2n) is 5.62. The van der Waals surface area contributed by atoms with Gasteiger partial charge in [-0.1, -0.05) is 30.3 Å². The smallest absolute Gasteiger partial charge is 0.255 e. The minimum Gasteiger partial charge on any atom is -0.483 e. The number of carbonyl (C=O) groups excluding carboxylic acids is 2. The van der Waals surface area contributed by atoms with E-state index >= 15 is 0 Å². The van der Waals surface area contributed by atoms with Crippen molar-refractivity contribution in [2.24, 2.45) is 5.73 Å². The average molecular weight is 341 g/mol. The number of benzene rings is 2. The topological polar surface area (TPSA) is 84.7 Å². The van der Waals surface area contributed by atoms with Gasteiger partial charge in [0.15, 0.2) is 6.61 Å². The summed E-state index contributed by atoms with van der Waals surface area (Å²) in [6, 6.07) is 16.8. The number of anilines is 1. The van der Waals surface area contributed by atoms with Crippen molar-refractivity contribution in [2.75, 3.05) is 31.6 Å². The fraction of sp³-hybridized carbons (Fsp3) is 0.263. The van der Waals surface area contributed by atoms with Crippen LogP contribution in [-0.2, 0) is 4.79 Å². The van der Waals surface area contributed by atoms with Crippen LogP contribution in [0.25, 0.3) is 0 Å². The van der Waals surface area contributed by atoms with E-state index in [1.165, 1.54) is 0 Å². The Labute approximate surface area is 147 Å². The number of amides is 2. The van der Waals surface area contributed by atoms with Crippen LogP contribution < -0.4 is 20.7 Å². The Hall–Kier alpha value is -3.02. The summed E-state index contributed by atoms with van der Waals surface area (Å²) in [5, 5.41) is 2.87. The van der Waals surface area contributed by atoms with Gasteiger partial charge >= 0.3 is 0 Å². The molecule has 0 radical (unpaired) electrons. The molecule has 3 N–H and O–H groups in total. The number of nitrogens with two attached hydrogens (primary N) is 1. The first-order chi connectivity index (χ1) is 12.1. The SMILES string of the molecule is CN(CCCNC(=O)c1ccccc1OCC(N)=O)c1ccccc1. The van der Waals surface area contributed by atoms with Crippen molar-refractivity contribution in [2.45, 2.75) is 6.42 Å². The lowest BCUT2D eigenvalue weighted by atomic mass is 10.2. The van der Waals surface area contributed by atoms with E-state index in [0.717, 1.165) is 18.7 Å². The quantitative estimate of drug-likeness (QED) is 0.681. The molecule has 2 amide bonds. The van der Waals surface area contributed by atoms with Crippen molar-refractivity contribution < 1.29 is 14.3 Å². The van der Waals surface area contributed by atoms with Gasteiger partial charge in [0.05, 0.1) is 5.56 Å². The monoisotopic (exact) mass is 341 g/mol. The Morgan fingerprint density at radius 3 is 2.48 bits per heavy atom. The zero-order valence-corrected chi connectivity index (χ0v) is 14.3. The van der Waals surface area contributed by atoms with Crippen LogP contribution in [0.15, 0.2) is 54.6 Å². The van der Waals surface area contributed by atoms with Crippen molar-refractivity contribution in [1.29, 1.82) is 0 Å². The highest BCUT2D eigenvalue weighted by Crippen LogP contribution is 2.17. The van der Waals surface area contributed by atoms with Crippen molar-refractivity contribution in [1.82, 2.24) is 5.32 Å². The second-order valence-corrected chi connectivity index (χ2v) is 5.62. The lowest BCUT2D eigenvalue weighted by Gasteiger charge is -2.19. The van der Waals surface area contributed by atoms with Gasteiger partial charge in [-0.15, -0.1) is 0 Å². The molecule has 0 saturated heterocycles. The summed E-state index contributed by atoms with van der Waals surface area (Å²) < 4.78 is 5.28. The van der Waals surface area contributed by atoms with Crippen LogP contribution in [-0.4, -0.2) is 38.6 Å². The second kappa shape index (κ2) is 9.32. The highest BCUT2D eigenvalue weighted by Gasteiger charge is 2.12. The molecule has 2 aromatic rings. The van der Waals surface area contributed by atoms with Crippen LogP contribution in [0.2, 0.25) is 0 Å². The minimum atomic E-state index is -0.584. The third-order valence-electron chi connectivity index (χ3n) is 3.65. The van der Waals surface area contributed by atoms with Crippen molar-refractivity contribution in [3.05, 3.63) is 60.2 Å². The molecule has 132 valence electrons. The molecule has 0 aromatic heterocycles. The van der Waals surface area contributed by atoms with Crippen LogP contribution in [0.4, 0.5) is 5.69 Å². The Kier molecular flexibility index (Phi) is 6.83. The molecule has 0 unspecified atom stereocenters. The number of nitrogens with zero attached hydrogens (tertiary/aromatic N) is 1. The summed E-state index contributed by atoms with van der Waals surface area (Å²) in [5.41, 5.74) is 6.60. The van der Waals surface area contributed by atoms with Gasteiger partial charge in [0, 0.05) is 25.8 Å². The maximum absolute atomic E-state index is 12.3. The van der Waals surface area contributed by atoms with Crippen LogP contribution in [0.3, 0.4) is 0 Å². The van der Waals surface area contributed by atoms with E-state index in [1.807, 2.05) is 37.4 Å². The van der Waals surface area contributed by atoms with E-state index in [9.17, 15) is 9.59 Å². The number of para-hydroxylation sites is 2. The van der Waals surface area contributed by atoms with Gasteiger partial charge < -0.3 is 20.7 Å². The molecular formula is C19H23N3O3. The summed E-state index contributed by atoms with van der Waals surface area (Å²) in [7, 11) is 2.02. The van der Waals surface area contributed by atoms with Gasteiger partial charge in [0.25, 0.3) is 11.8 Å². The van der Waals surface area contributed by atoms with E-state index < -0.39 is 5.91 Å². The molecule has 0 bridgehead atoms. The van der Waals surface area contributed by atoms with Crippen LogP contribution in [0.5, 0.6) is 5.75 Å². The number of hydrogen-bond donors (Lipinski definition) is 2. The van der Waals surface area contributed by atoms with Gasteiger partial charge in [-0.3, -0.25) is 9.59 Å². The fourth-order valence-electron chi connectivity index (χ4n) is 2.35. The van der Waals surface area contributed by atoms with Crippen molar-refractivity contribution in [3.63, 3.8) is 0 Å². The van der Waals surface area contributed by atoms with Gasteiger partial charge in [0.1, 0.15) is 5.75 Å². The predicted molar refractivity (Wildman–Crippen MR) is 97.8 cm³/mol. The number of primary amides is 1. The fourth-order valence-corrected chi connectivity index (χ4v) is 2.35. The summed E-state index contributed by atoms with van der Waals surface area (Å²) >= 11 is 0. The molecule has 0 fully saturated rings. The summed E-state index contributed by atoms with van der Waals surface area (Å²) in [4.78, 5) is 25.3. The third-order valence-corrected chi connectivity index (χ3v) is 3.65. The molecule has 0 aliphatic carbocycles. The lowest BCUT2D eigenvalue weighted by molar-refractivity contribution is -0.119. The lowest BCUT2D eigenvalue weighted by Crippen LogP contribution is -2.29. The minimum absolute atomic E-state index is 0.234. The predicted octanol–water partition coefficient (Wildman–Crippen LogP) is 1.81. The highest BCUT2D eigenvalue weighted by molar-refractivity contribution is 5.97. The van der Waals surface area contributed by atoms with Crippen LogP contribution in [0, 0.1) is 0 Å². The zero-order chi connectivity index (χ0) is 18.1. The van der Waals surface area contributed by atoms with Crippen molar-refractivity contribution in [3.8, 4) is 5.75 Å². The normalized spacial score (nSPS) is 10.1. The van der Waals surface area contributed by atoms with E-state index in [4.69, 9.17) is 10.5 Å². The Morgan fingerprint density at radius 1 is 1.08 bits per heavy atom. The Balaban J connectivity index is 1.81. The molecule has 25 heavy (non-hydrogen) atoms. The first-order valence-corrected chi connectivity index (χ1v) is 8.12. The molecule has 0 aliphatic heterocycles. The number of hydrogen-bond acceptors (Lipinski definition) is 4. The molecule has 2 aromatic carbocycles. The number of nitrogens with one attached hydrogen (secondary N) is 1. The zero-order valence-electron chi connectivity index (χ0n) is 14.3. The van der Waals surface area contributed by atoms with Gasteiger partial charge in [-0.25, -0.2) is 0 Å². The molecule has 0 saturated carbocycles. The largest absolute Gasteiger partial charge is 0.483 e. The molecule has 0 aliphatic rings. The molecular weight excluding hydrogens is 318 g/mol. The first kappa shape index (κ1) is 18.3. The Morgan fingerprint density at radius 2 is 1.76 bits per heavy atom. The molecule has 2 rings (SSSR count). The maximum Gasteiger partial charge on any atom is 0.255 e. The summed E-state index contributed by atoms with van der Waals surface area (Å²) in [6.45, 7) is 1.11. The standard InChI is InChI=1S/C19H23N3O3/c1-22(15-8-3-2-4-9-15)13-7-12-21-19(24)16-10-5-6-11-17(16)25-14-18(20)23/h2-6,8-11H,7,12-14H2,1H3,(H2,20,23)(H,21,24). The molecule has 0 spiro atoms. The van der Waals surface area contributed by atoms with E-state index in [0.29, 0.717) is 17.9 Å². The van der Waals surface area contributed by atoms with Crippen molar-refractivity contribution >= 4 is 17.5 Å². The first-order valence-electron chi connectivity index (χ1n) is 8.12. The molecule has 0 atom stereocenters. The molecule has 6 nitrogen and oxygen atoms in total. The highest BCUT2D eigenvalue weighted by atomic mass is 16.5. The summed E-state index contributed by atoms with van der Waals surface area (Å²) in [6.07, 6.45) is 0.807. The molecule has 0 heterocycles. The van der Waals surface area contributed by atoms with E-state index in [1.54, 1.807) is 24.3 Å². The average Bonchev–Trinajstić information content (AvgIpc) is 2.64. The molecule has 6 heteroatoms. The number of carbonyl (C=O) groups is 2. The van der Waals surface area contributed by atoms with E-state index in [2.05, 4.69) is 10.2 Å². The summed E-state index contributed by atoms with van der Waals surface area (Å²) in [5.74, 6) is -0.471. The number of rotatable bonds is 9. The van der Waals surface area contributed by atoms with Gasteiger partial charge in [0.2, 0.25) is 0 Å². The van der Waals surface area contributed by atoms with Crippen LogP contribution in [0.1, 0.15) is 16.8 Å².